The highest BCUT2D eigenvalue weighted by Gasteiger charge is 2.26. The molecule has 1 N–H and O–H groups in total. The van der Waals surface area contributed by atoms with E-state index in [0.717, 1.165) is 7.11 Å². The number of esters is 1. The lowest BCUT2D eigenvalue weighted by molar-refractivity contribution is 0.0582. The number of rotatable bonds is 2. The van der Waals surface area contributed by atoms with E-state index in [4.69, 9.17) is 0 Å². The van der Waals surface area contributed by atoms with Gasteiger partial charge in [0.2, 0.25) is 0 Å². The van der Waals surface area contributed by atoms with Gasteiger partial charge in [0.05, 0.1) is 7.11 Å². The van der Waals surface area contributed by atoms with E-state index in [1.54, 1.807) is 4.98 Å². The predicted octanol–water partition coefficient (Wildman–Crippen LogP) is 1.24. The van der Waals surface area contributed by atoms with Crippen LogP contribution in [0.2, 0.25) is 0 Å². The number of hydrogen-bond donors (Lipinski definition) is 1. The Hall–Kier alpha value is -1.79. The lowest BCUT2D eigenvalue weighted by Crippen LogP contribution is -2.21. The first-order valence-corrected chi connectivity index (χ1v) is 3.76. The molecule has 0 aliphatic heterocycles. The Morgan fingerprint density at radius 1 is 1.53 bits per heavy atom. The Morgan fingerprint density at radius 2 is 2.13 bits per heavy atom. The van der Waals surface area contributed by atoms with Gasteiger partial charge in [0, 0.05) is 6.20 Å². The van der Waals surface area contributed by atoms with Gasteiger partial charge in [-0.2, -0.15) is 0 Å². The molecule has 0 bridgehead atoms. The van der Waals surface area contributed by atoms with Gasteiger partial charge in [-0.05, 0) is 0 Å². The van der Waals surface area contributed by atoms with Crippen LogP contribution in [0.3, 0.4) is 0 Å². The zero-order valence-corrected chi connectivity index (χ0v) is 7.51. The third-order valence-corrected chi connectivity index (χ3v) is 1.69. The van der Waals surface area contributed by atoms with Crippen LogP contribution in [0.25, 0.3) is 0 Å². The van der Waals surface area contributed by atoms with Gasteiger partial charge in [0.1, 0.15) is 11.1 Å². The molecular formula is C8H6F3NO3. The molecule has 15 heavy (non-hydrogen) atoms. The molecule has 0 spiro atoms. The van der Waals surface area contributed by atoms with Crippen LogP contribution in [0.15, 0.2) is 11.0 Å². The lowest BCUT2D eigenvalue weighted by atomic mass is 10.1. The van der Waals surface area contributed by atoms with Crippen LogP contribution in [0.1, 0.15) is 22.3 Å². The number of aromatic amines is 1. The third-order valence-electron chi connectivity index (χ3n) is 1.69. The average Bonchev–Trinajstić information content (AvgIpc) is 2.19. The van der Waals surface area contributed by atoms with E-state index in [9.17, 15) is 22.8 Å². The Morgan fingerprint density at radius 3 is 2.60 bits per heavy atom. The van der Waals surface area contributed by atoms with Crippen LogP contribution in [0, 0.1) is 5.82 Å². The fourth-order valence-electron chi connectivity index (χ4n) is 1.04. The monoisotopic (exact) mass is 221 g/mol. The van der Waals surface area contributed by atoms with Crippen molar-refractivity contribution in [1.29, 1.82) is 0 Å². The van der Waals surface area contributed by atoms with Gasteiger partial charge >= 0.3 is 5.97 Å². The number of ether oxygens (including phenoxy) is 1. The molecule has 0 aromatic carbocycles. The number of H-pyrrole nitrogens is 1. The van der Waals surface area contributed by atoms with E-state index < -0.39 is 34.9 Å². The van der Waals surface area contributed by atoms with Gasteiger partial charge in [0.25, 0.3) is 12.0 Å². The molecule has 0 aliphatic rings. The molecule has 1 aromatic heterocycles. The second-order valence-corrected chi connectivity index (χ2v) is 2.55. The minimum absolute atomic E-state index is 0.528. The van der Waals surface area contributed by atoms with Crippen molar-refractivity contribution in [3.63, 3.8) is 0 Å². The molecule has 0 aliphatic carbocycles. The maximum Gasteiger partial charge on any atom is 0.341 e. The first-order chi connectivity index (χ1) is 6.99. The van der Waals surface area contributed by atoms with Crippen LogP contribution in [0.4, 0.5) is 13.2 Å². The summed E-state index contributed by atoms with van der Waals surface area (Å²) in [6, 6.07) is 0. The standard InChI is InChI=1S/C8H6F3NO3/c1-15-8(14)4-3(9)2-12-7(13)5(4)6(10)11/h2,6H,1H3,(H,12,13). The maximum atomic E-state index is 13.0. The topological polar surface area (TPSA) is 59.2 Å². The Kier molecular flexibility index (Phi) is 3.13. The normalized spacial score (nSPS) is 10.5. The molecule has 0 unspecified atom stereocenters. The van der Waals surface area contributed by atoms with Gasteiger partial charge in [0.15, 0.2) is 5.82 Å². The lowest BCUT2D eigenvalue weighted by Gasteiger charge is -2.06. The van der Waals surface area contributed by atoms with Crippen LogP contribution < -0.4 is 5.56 Å². The fraction of sp³-hybridized carbons (Fsp3) is 0.250. The summed E-state index contributed by atoms with van der Waals surface area (Å²) >= 11 is 0. The fourth-order valence-corrected chi connectivity index (χ4v) is 1.04. The molecular weight excluding hydrogens is 215 g/mol. The van der Waals surface area contributed by atoms with Crippen molar-refractivity contribution in [2.45, 2.75) is 6.43 Å². The third kappa shape index (κ3) is 2.00. The van der Waals surface area contributed by atoms with Crippen LogP contribution in [0.5, 0.6) is 0 Å². The molecule has 0 amide bonds. The first-order valence-electron chi connectivity index (χ1n) is 3.76. The van der Waals surface area contributed by atoms with E-state index in [0.29, 0.717) is 6.20 Å². The smallest absolute Gasteiger partial charge is 0.341 e. The Balaban J connectivity index is 3.52. The number of halogens is 3. The highest BCUT2D eigenvalue weighted by atomic mass is 19.3. The second-order valence-electron chi connectivity index (χ2n) is 2.55. The second kappa shape index (κ2) is 4.16. The number of carbonyl (C=O) groups is 1. The van der Waals surface area contributed by atoms with E-state index in [2.05, 4.69) is 4.74 Å². The van der Waals surface area contributed by atoms with Crippen LogP contribution >= 0.6 is 0 Å². The Labute approximate surface area is 81.7 Å². The van der Waals surface area contributed by atoms with Gasteiger partial charge in [-0.25, -0.2) is 18.0 Å². The maximum absolute atomic E-state index is 13.0. The molecule has 0 fully saturated rings. The van der Waals surface area contributed by atoms with Crippen molar-refractivity contribution < 1.29 is 22.7 Å². The highest BCUT2D eigenvalue weighted by Crippen LogP contribution is 2.21. The molecule has 0 saturated carbocycles. The zero-order chi connectivity index (χ0) is 11.6. The average molecular weight is 221 g/mol. The zero-order valence-electron chi connectivity index (χ0n) is 7.51. The molecule has 1 rings (SSSR count). The summed E-state index contributed by atoms with van der Waals surface area (Å²) in [6.07, 6.45) is -2.72. The Bertz CT molecular complexity index is 441. The highest BCUT2D eigenvalue weighted by molar-refractivity contribution is 5.91. The van der Waals surface area contributed by atoms with E-state index >= 15 is 0 Å². The quantitative estimate of drug-likeness (QED) is 0.764. The number of carbonyl (C=O) groups excluding carboxylic acids is 1. The number of nitrogens with one attached hydrogen (secondary N) is 1. The van der Waals surface area contributed by atoms with Gasteiger partial charge in [-0.1, -0.05) is 0 Å². The summed E-state index contributed by atoms with van der Waals surface area (Å²) in [5, 5.41) is 0. The van der Waals surface area contributed by atoms with Crippen molar-refractivity contribution in [1.82, 2.24) is 4.98 Å². The molecule has 4 nitrogen and oxygen atoms in total. The van der Waals surface area contributed by atoms with Crippen molar-refractivity contribution in [2.75, 3.05) is 7.11 Å². The summed E-state index contributed by atoms with van der Waals surface area (Å²) in [6.45, 7) is 0. The summed E-state index contributed by atoms with van der Waals surface area (Å²) in [4.78, 5) is 23.7. The molecule has 0 atom stereocenters. The summed E-state index contributed by atoms with van der Waals surface area (Å²) in [7, 11) is 0.901. The van der Waals surface area contributed by atoms with E-state index in [-0.39, 0.29) is 0 Å². The number of pyridine rings is 1. The SMILES string of the molecule is COC(=O)c1c(F)c[nH]c(=O)c1C(F)F. The largest absolute Gasteiger partial charge is 0.465 e. The van der Waals surface area contributed by atoms with Crippen molar-refractivity contribution in [2.24, 2.45) is 0 Å². The van der Waals surface area contributed by atoms with Crippen LogP contribution in [-0.4, -0.2) is 18.1 Å². The van der Waals surface area contributed by atoms with Crippen molar-refractivity contribution in [3.8, 4) is 0 Å². The minimum atomic E-state index is -3.25. The molecule has 7 heteroatoms. The molecule has 0 saturated heterocycles. The van der Waals surface area contributed by atoms with E-state index in [1.807, 2.05) is 0 Å². The van der Waals surface area contributed by atoms with Gasteiger partial charge in [-0.3, -0.25) is 4.79 Å². The number of hydrogen-bond acceptors (Lipinski definition) is 3. The van der Waals surface area contributed by atoms with Crippen molar-refractivity contribution >= 4 is 5.97 Å². The number of alkyl halides is 2. The minimum Gasteiger partial charge on any atom is -0.465 e. The van der Waals surface area contributed by atoms with Gasteiger partial charge in [-0.15, -0.1) is 0 Å². The molecule has 1 aromatic rings. The number of methoxy groups -OCH3 is 1. The summed E-state index contributed by atoms with van der Waals surface area (Å²) in [5.74, 6) is -2.56. The first kappa shape index (κ1) is 11.3. The molecule has 82 valence electrons. The summed E-state index contributed by atoms with van der Waals surface area (Å²) in [5.41, 5.74) is -3.47. The van der Waals surface area contributed by atoms with Gasteiger partial charge < -0.3 is 9.72 Å². The predicted molar refractivity (Wildman–Crippen MR) is 43.3 cm³/mol. The molecule has 1 heterocycles. The van der Waals surface area contributed by atoms with E-state index in [1.165, 1.54) is 0 Å². The van der Waals surface area contributed by atoms with Crippen molar-refractivity contribution in [3.05, 3.63) is 33.5 Å². The van der Waals surface area contributed by atoms with Crippen LogP contribution in [-0.2, 0) is 4.74 Å². The summed E-state index contributed by atoms with van der Waals surface area (Å²) < 4.78 is 41.9. The number of aromatic nitrogens is 1. The molecule has 0 radical (unpaired) electrons.